The number of amides is 1. The van der Waals surface area contributed by atoms with E-state index in [0.29, 0.717) is 11.4 Å². The number of hydrogen-bond donors (Lipinski definition) is 2. The van der Waals surface area contributed by atoms with Crippen LogP contribution in [0.1, 0.15) is 11.3 Å². The highest BCUT2D eigenvalue weighted by molar-refractivity contribution is 6.30. The maximum absolute atomic E-state index is 12.2. The molecule has 1 amide bonds. The fourth-order valence-electron chi connectivity index (χ4n) is 2.46. The zero-order valence-corrected chi connectivity index (χ0v) is 12.4. The van der Waals surface area contributed by atoms with Crippen LogP contribution in [0.4, 0.5) is 5.69 Å². The number of anilines is 1. The van der Waals surface area contributed by atoms with Gasteiger partial charge in [0.1, 0.15) is 0 Å². The van der Waals surface area contributed by atoms with Crippen LogP contribution in [-0.4, -0.2) is 10.9 Å². The van der Waals surface area contributed by atoms with Crippen molar-refractivity contribution >= 4 is 34.1 Å². The Hall–Kier alpha value is -2.26. The number of halogens is 1. The van der Waals surface area contributed by atoms with Crippen LogP contribution < -0.4 is 5.32 Å². The highest BCUT2D eigenvalue weighted by Crippen LogP contribution is 2.22. The van der Waals surface area contributed by atoms with Gasteiger partial charge in [0.2, 0.25) is 5.91 Å². The third kappa shape index (κ3) is 2.93. The van der Waals surface area contributed by atoms with Crippen molar-refractivity contribution in [1.82, 2.24) is 4.98 Å². The van der Waals surface area contributed by atoms with Crippen LogP contribution in [0.25, 0.3) is 10.9 Å². The molecule has 106 valence electrons. The Morgan fingerprint density at radius 3 is 2.62 bits per heavy atom. The van der Waals surface area contributed by atoms with Gasteiger partial charge in [-0.1, -0.05) is 29.8 Å². The number of fused-ring (bicyclic) bond motifs is 1. The summed E-state index contributed by atoms with van der Waals surface area (Å²) in [6, 6.07) is 15.1. The van der Waals surface area contributed by atoms with Gasteiger partial charge in [-0.2, -0.15) is 0 Å². The zero-order chi connectivity index (χ0) is 14.8. The summed E-state index contributed by atoms with van der Waals surface area (Å²) in [6.45, 7) is 1.99. The summed E-state index contributed by atoms with van der Waals surface area (Å²) in [5, 5.41) is 4.64. The van der Waals surface area contributed by atoms with E-state index < -0.39 is 0 Å². The fourth-order valence-corrected chi connectivity index (χ4v) is 2.59. The van der Waals surface area contributed by atoms with E-state index in [4.69, 9.17) is 11.6 Å². The van der Waals surface area contributed by atoms with Crippen molar-refractivity contribution in [2.75, 3.05) is 5.32 Å². The Morgan fingerprint density at radius 1 is 1.14 bits per heavy atom. The molecule has 3 nitrogen and oxygen atoms in total. The molecule has 4 heteroatoms. The maximum Gasteiger partial charge on any atom is 0.228 e. The van der Waals surface area contributed by atoms with Crippen molar-refractivity contribution in [3.63, 3.8) is 0 Å². The fraction of sp³-hybridized carbons (Fsp3) is 0.118. The minimum atomic E-state index is -0.0369. The average Bonchev–Trinajstić information content (AvgIpc) is 2.78. The first kappa shape index (κ1) is 13.7. The second kappa shape index (κ2) is 5.62. The minimum Gasteiger partial charge on any atom is -0.358 e. The first-order valence-corrected chi connectivity index (χ1v) is 7.13. The molecule has 0 saturated heterocycles. The summed E-state index contributed by atoms with van der Waals surface area (Å²) in [5.74, 6) is -0.0369. The van der Waals surface area contributed by atoms with Gasteiger partial charge in [-0.3, -0.25) is 4.79 Å². The van der Waals surface area contributed by atoms with E-state index in [1.807, 2.05) is 31.2 Å². The molecule has 0 bridgehead atoms. The molecule has 0 aliphatic rings. The topological polar surface area (TPSA) is 44.9 Å². The maximum atomic E-state index is 12.2. The van der Waals surface area contributed by atoms with Crippen molar-refractivity contribution in [2.45, 2.75) is 13.3 Å². The minimum absolute atomic E-state index is 0.0369. The molecule has 21 heavy (non-hydrogen) atoms. The predicted octanol–water partition coefficient (Wildman–Crippen LogP) is 4.31. The molecule has 0 radical (unpaired) electrons. The quantitative estimate of drug-likeness (QED) is 0.743. The molecule has 3 rings (SSSR count). The predicted molar refractivity (Wildman–Crippen MR) is 86.8 cm³/mol. The lowest BCUT2D eigenvalue weighted by atomic mass is 10.1. The molecule has 0 aliphatic heterocycles. The summed E-state index contributed by atoms with van der Waals surface area (Å²) >= 11 is 5.83. The van der Waals surface area contributed by atoms with E-state index in [0.717, 1.165) is 27.8 Å². The molecule has 0 fully saturated rings. The van der Waals surface area contributed by atoms with Crippen LogP contribution in [0.5, 0.6) is 0 Å². The number of nitrogens with one attached hydrogen (secondary N) is 2. The van der Waals surface area contributed by atoms with E-state index in [-0.39, 0.29) is 5.91 Å². The molecular weight excluding hydrogens is 284 g/mol. The van der Waals surface area contributed by atoms with Gasteiger partial charge in [-0.25, -0.2) is 0 Å². The van der Waals surface area contributed by atoms with Gasteiger partial charge in [0, 0.05) is 27.3 Å². The molecule has 0 unspecified atom stereocenters. The summed E-state index contributed by atoms with van der Waals surface area (Å²) in [5.41, 5.74) is 3.88. The smallest absolute Gasteiger partial charge is 0.228 e. The molecule has 2 N–H and O–H groups in total. The van der Waals surface area contributed by atoms with E-state index in [1.54, 1.807) is 24.3 Å². The number of aryl methyl sites for hydroxylation is 1. The largest absolute Gasteiger partial charge is 0.358 e. The lowest BCUT2D eigenvalue weighted by Crippen LogP contribution is -2.14. The van der Waals surface area contributed by atoms with Gasteiger partial charge in [0.25, 0.3) is 0 Å². The van der Waals surface area contributed by atoms with E-state index in [1.165, 1.54) is 0 Å². The molecular formula is C17H15ClN2O. The van der Waals surface area contributed by atoms with E-state index in [2.05, 4.69) is 10.3 Å². The monoisotopic (exact) mass is 298 g/mol. The first-order valence-electron chi connectivity index (χ1n) is 6.75. The van der Waals surface area contributed by atoms with Crippen molar-refractivity contribution in [2.24, 2.45) is 0 Å². The Kier molecular flexibility index (Phi) is 3.67. The first-order chi connectivity index (χ1) is 10.1. The lowest BCUT2D eigenvalue weighted by Gasteiger charge is -2.05. The number of para-hydroxylation sites is 1. The Morgan fingerprint density at radius 2 is 1.86 bits per heavy atom. The number of rotatable bonds is 3. The van der Waals surface area contributed by atoms with Gasteiger partial charge in [-0.15, -0.1) is 0 Å². The van der Waals surface area contributed by atoms with Crippen molar-refractivity contribution in [1.29, 1.82) is 0 Å². The molecule has 1 heterocycles. The molecule has 0 spiro atoms. The highest BCUT2D eigenvalue weighted by Gasteiger charge is 2.12. The van der Waals surface area contributed by atoms with Crippen molar-refractivity contribution in [3.05, 3.63) is 64.8 Å². The van der Waals surface area contributed by atoms with Crippen LogP contribution in [0, 0.1) is 6.92 Å². The second-order valence-corrected chi connectivity index (χ2v) is 5.44. The Balaban J connectivity index is 1.80. The third-order valence-electron chi connectivity index (χ3n) is 3.49. The Labute approximate surface area is 127 Å². The molecule has 0 aliphatic carbocycles. The number of H-pyrrole nitrogens is 1. The summed E-state index contributed by atoms with van der Waals surface area (Å²) in [7, 11) is 0. The van der Waals surface area contributed by atoms with Gasteiger partial charge >= 0.3 is 0 Å². The number of benzene rings is 2. The Bertz CT molecular complexity index is 790. The molecule has 0 atom stereocenters. The SMILES string of the molecule is Cc1[nH]c2ccccc2c1CC(=O)Nc1ccc(Cl)cc1. The normalized spacial score (nSPS) is 10.8. The number of carbonyl (C=O) groups excluding carboxylic acids is 1. The van der Waals surface area contributed by atoms with Crippen LogP contribution in [0.3, 0.4) is 0 Å². The molecule has 3 aromatic rings. The highest BCUT2D eigenvalue weighted by atomic mass is 35.5. The van der Waals surface area contributed by atoms with Crippen LogP contribution in [-0.2, 0) is 11.2 Å². The second-order valence-electron chi connectivity index (χ2n) is 5.01. The molecule has 2 aromatic carbocycles. The summed E-state index contributed by atoms with van der Waals surface area (Å²) in [6.07, 6.45) is 0.346. The van der Waals surface area contributed by atoms with E-state index >= 15 is 0 Å². The van der Waals surface area contributed by atoms with E-state index in [9.17, 15) is 4.79 Å². The number of carbonyl (C=O) groups is 1. The third-order valence-corrected chi connectivity index (χ3v) is 3.74. The molecule has 1 aromatic heterocycles. The van der Waals surface area contributed by atoms with Crippen LogP contribution in [0.2, 0.25) is 5.02 Å². The number of hydrogen-bond acceptors (Lipinski definition) is 1. The number of aromatic nitrogens is 1. The average molecular weight is 299 g/mol. The van der Waals surface area contributed by atoms with Crippen molar-refractivity contribution in [3.8, 4) is 0 Å². The summed E-state index contributed by atoms with van der Waals surface area (Å²) < 4.78 is 0. The van der Waals surface area contributed by atoms with Gasteiger partial charge in [0.05, 0.1) is 6.42 Å². The van der Waals surface area contributed by atoms with Gasteiger partial charge in [-0.05, 0) is 42.8 Å². The van der Waals surface area contributed by atoms with Gasteiger partial charge < -0.3 is 10.3 Å². The standard InChI is InChI=1S/C17H15ClN2O/c1-11-15(14-4-2-3-5-16(14)19-11)10-17(21)20-13-8-6-12(18)7-9-13/h2-9,19H,10H2,1H3,(H,20,21). The van der Waals surface area contributed by atoms with Gasteiger partial charge in [0.15, 0.2) is 0 Å². The summed E-state index contributed by atoms with van der Waals surface area (Å²) in [4.78, 5) is 15.5. The lowest BCUT2D eigenvalue weighted by molar-refractivity contribution is -0.115. The van der Waals surface area contributed by atoms with Crippen LogP contribution >= 0.6 is 11.6 Å². The molecule has 0 saturated carbocycles. The van der Waals surface area contributed by atoms with Crippen molar-refractivity contribution < 1.29 is 4.79 Å². The zero-order valence-electron chi connectivity index (χ0n) is 11.6. The van der Waals surface area contributed by atoms with Crippen LogP contribution in [0.15, 0.2) is 48.5 Å². The number of aromatic amines is 1.